The number of carbonyl (C=O) groups is 4. The highest BCUT2D eigenvalue weighted by Gasteiger charge is 2.44. The summed E-state index contributed by atoms with van der Waals surface area (Å²) in [4.78, 5) is 50.8. The minimum Gasteiger partial charge on any atom is -0.490 e. The fraction of sp³-hybridized carbons (Fsp3) is 0.440. The summed E-state index contributed by atoms with van der Waals surface area (Å²) >= 11 is 6.51. The molecule has 1 aromatic rings. The Labute approximate surface area is 206 Å². The number of Topliss-reactive ketones (excluding diaryl/α,β-unsaturated/α-hetero) is 2. The van der Waals surface area contributed by atoms with Crippen molar-refractivity contribution in [3.05, 3.63) is 45.3 Å². The molecule has 0 atom stereocenters. The van der Waals surface area contributed by atoms with Gasteiger partial charge in [0.1, 0.15) is 6.54 Å². The zero-order chi connectivity index (χ0) is 25.3. The Kier molecular flexibility index (Phi) is 7.16. The number of carboxylic acid groups (broad SMARTS) is 2. The zero-order valence-corrected chi connectivity index (χ0v) is 20.0. The molecule has 0 saturated heterocycles. The molecule has 0 spiro atoms. The molecule has 35 heavy (non-hydrogen) atoms. The second-order valence-corrected chi connectivity index (χ2v) is 9.04. The van der Waals surface area contributed by atoms with Gasteiger partial charge in [0.15, 0.2) is 29.7 Å². The molecule has 0 unspecified atom stereocenters. The topological polar surface area (TPSA) is 130 Å². The third-order valence-electron chi connectivity index (χ3n) is 6.38. The second kappa shape index (κ2) is 10.1. The Hall–Kier alpha value is -3.33. The molecule has 0 bridgehead atoms. The van der Waals surface area contributed by atoms with Gasteiger partial charge >= 0.3 is 11.9 Å². The predicted molar refractivity (Wildman–Crippen MR) is 125 cm³/mol. The van der Waals surface area contributed by atoms with Gasteiger partial charge in [-0.2, -0.15) is 0 Å². The van der Waals surface area contributed by atoms with E-state index in [1.807, 2.05) is 0 Å². The third kappa shape index (κ3) is 4.77. The monoisotopic (exact) mass is 503 g/mol. The van der Waals surface area contributed by atoms with E-state index in [2.05, 4.69) is 0 Å². The lowest BCUT2D eigenvalue weighted by atomic mass is 9.71. The summed E-state index contributed by atoms with van der Waals surface area (Å²) < 4.78 is 11.0. The number of carbonyl (C=O) groups excluding carboxylic acids is 2. The van der Waals surface area contributed by atoms with Gasteiger partial charge in [-0.15, -0.1) is 0 Å². The van der Waals surface area contributed by atoms with Crippen molar-refractivity contribution < 1.29 is 38.9 Å². The minimum atomic E-state index is -1.18. The number of hydrogen-bond acceptors (Lipinski definition) is 7. The molecule has 0 fully saturated rings. The predicted octanol–water partition coefficient (Wildman–Crippen LogP) is 3.70. The largest absolute Gasteiger partial charge is 0.490 e. The molecule has 1 heterocycles. The normalized spacial score (nSPS) is 18.4. The summed E-state index contributed by atoms with van der Waals surface area (Å²) in [5, 5.41) is 18.7. The second-order valence-electron chi connectivity index (χ2n) is 8.63. The first kappa shape index (κ1) is 24.8. The SMILES string of the molecule is CCOc1cc(C2C3=C(CCCC3=O)N(CC(=O)O)C3=C2C(=O)CCC3)cc(Cl)c1OCC(=O)O. The van der Waals surface area contributed by atoms with E-state index in [1.165, 1.54) is 0 Å². The van der Waals surface area contributed by atoms with Crippen LogP contribution in [0.15, 0.2) is 34.7 Å². The Morgan fingerprint density at radius 3 is 2.09 bits per heavy atom. The summed E-state index contributed by atoms with van der Waals surface area (Å²) in [6.07, 6.45) is 2.87. The lowest BCUT2D eigenvalue weighted by Gasteiger charge is -2.43. The third-order valence-corrected chi connectivity index (χ3v) is 6.67. The summed E-state index contributed by atoms with van der Waals surface area (Å²) in [7, 11) is 0. The fourth-order valence-electron chi connectivity index (χ4n) is 5.17. The molecular weight excluding hydrogens is 478 g/mol. The van der Waals surface area contributed by atoms with Crippen LogP contribution < -0.4 is 9.47 Å². The van der Waals surface area contributed by atoms with E-state index in [-0.39, 0.29) is 41.2 Å². The van der Waals surface area contributed by atoms with Crippen LogP contribution in [0.5, 0.6) is 11.5 Å². The van der Waals surface area contributed by atoms with E-state index in [0.29, 0.717) is 66.6 Å². The average molecular weight is 504 g/mol. The number of benzene rings is 1. The molecule has 0 aromatic heterocycles. The molecule has 0 amide bonds. The van der Waals surface area contributed by atoms with Crippen LogP contribution >= 0.6 is 11.6 Å². The van der Waals surface area contributed by atoms with E-state index in [9.17, 15) is 24.3 Å². The average Bonchev–Trinajstić information content (AvgIpc) is 2.79. The lowest BCUT2D eigenvalue weighted by Crippen LogP contribution is -2.41. The Morgan fingerprint density at radius 1 is 0.971 bits per heavy atom. The van der Waals surface area contributed by atoms with Crippen molar-refractivity contribution in [3.63, 3.8) is 0 Å². The van der Waals surface area contributed by atoms with Gasteiger partial charge in [0.25, 0.3) is 0 Å². The molecule has 2 aliphatic carbocycles. The molecule has 9 nitrogen and oxygen atoms in total. The number of halogens is 1. The van der Waals surface area contributed by atoms with E-state index in [4.69, 9.17) is 26.2 Å². The van der Waals surface area contributed by atoms with E-state index < -0.39 is 24.5 Å². The van der Waals surface area contributed by atoms with Crippen molar-refractivity contribution in [2.45, 2.75) is 51.4 Å². The molecule has 1 aromatic carbocycles. The number of rotatable bonds is 8. The van der Waals surface area contributed by atoms with Gasteiger partial charge in [0.05, 0.1) is 11.6 Å². The molecule has 0 saturated carbocycles. The minimum absolute atomic E-state index is 0.0660. The van der Waals surface area contributed by atoms with Crippen molar-refractivity contribution >= 4 is 35.1 Å². The highest BCUT2D eigenvalue weighted by Crippen LogP contribution is 2.51. The number of carboxylic acids is 2. The molecule has 4 rings (SSSR count). The first-order chi connectivity index (χ1) is 16.7. The molecule has 10 heteroatoms. The zero-order valence-electron chi connectivity index (χ0n) is 19.3. The maximum atomic E-state index is 13.2. The first-order valence-electron chi connectivity index (χ1n) is 11.6. The lowest BCUT2D eigenvalue weighted by molar-refractivity contribution is -0.139. The maximum absolute atomic E-state index is 13.2. The molecule has 186 valence electrons. The van der Waals surface area contributed by atoms with Gasteiger partial charge in [-0.25, -0.2) is 4.79 Å². The van der Waals surface area contributed by atoms with Crippen molar-refractivity contribution in [2.75, 3.05) is 19.8 Å². The van der Waals surface area contributed by atoms with E-state index >= 15 is 0 Å². The Balaban J connectivity index is 1.92. The summed E-state index contributed by atoms with van der Waals surface area (Å²) in [6.45, 7) is 1.06. The number of allylic oxidation sites excluding steroid dienone is 4. The number of hydrogen-bond donors (Lipinski definition) is 2. The van der Waals surface area contributed by atoms with Crippen LogP contribution in [0.1, 0.15) is 56.9 Å². The number of ether oxygens (including phenoxy) is 2. The van der Waals surface area contributed by atoms with Gasteiger partial charge in [0, 0.05) is 41.3 Å². The molecule has 1 aliphatic heterocycles. The number of ketones is 2. The van der Waals surface area contributed by atoms with E-state index in [1.54, 1.807) is 24.0 Å². The van der Waals surface area contributed by atoms with Crippen molar-refractivity contribution in [2.24, 2.45) is 0 Å². The van der Waals surface area contributed by atoms with Crippen molar-refractivity contribution in [3.8, 4) is 11.5 Å². The van der Waals surface area contributed by atoms with Gasteiger partial charge in [-0.05, 0) is 50.3 Å². The number of nitrogens with zero attached hydrogens (tertiary/aromatic N) is 1. The van der Waals surface area contributed by atoms with Gasteiger partial charge < -0.3 is 24.6 Å². The summed E-state index contributed by atoms with van der Waals surface area (Å²) in [5.74, 6) is -2.91. The van der Waals surface area contributed by atoms with Crippen LogP contribution in [0.2, 0.25) is 5.02 Å². The smallest absolute Gasteiger partial charge is 0.341 e. The summed E-state index contributed by atoms with van der Waals surface area (Å²) in [6, 6.07) is 3.20. The Bertz CT molecular complexity index is 1120. The van der Waals surface area contributed by atoms with Crippen LogP contribution in [-0.2, 0) is 19.2 Å². The molecule has 2 N–H and O–H groups in total. The molecular formula is C25H26ClNO8. The van der Waals surface area contributed by atoms with Crippen LogP contribution in [0.3, 0.4) is 0 Å². The highest BCUT2D eigenvalue weighted by molar-refractivity contribution is 6.32. The van der Waals surface area contributed by atoms with Gasteiger partial charge in [-0.1, -0.05) is 11.6 Å². The van der Waals surface area contributed by atoms with Gasteiger partial charge in [-0.3, -0.25) is 14.4 Å². The quantitative estimate of drug-likeness (QED) is 0.545. The molecule has 0 radical (unpaired) electrons. The van der Waals surface area contributed by atoms with Crippen LogP contribution in [0.25, 0.3) is 0 Å². The molecule has 3 aliphatic rings. The van der Waals surface area contributed by atoms with Crippen molar-refractivity contribution in [1.82, 2.24) is 4.90 Å². The van der Waals surface area contributed by atoms with Gasteiger partial charge in [0.2, 0.25) is 0 Å². The van der Waals surface area contributed by atoms with Crippen LogP contribution in [0, 0.1) is 0 Å². The Morgan fingerprint density at radius 2 is 1.57 bits per heavy atom. The van der Waals surface area contributed by atoms with Crippen molar-refractivity contribution in [1.29, 1.82) is 0 Å². The number of aliphatic carboxylic acids is 2. The standard InChI is InChI=1S/C25H26ClNO8/c1-2-34-19-10-13(9-14(26)25(19)35-12-21(32)33)22-23-15(5-3-7-17(23)28)27(11-20(30)31)16-6-4-8-18(29)24(16)22/h9-10,22H,2-8,11-12H2,1H3,(H,30,31)(H,32,33). The van der Waals surface area contributed by atoms with Crippen LogP contribution in [0.4, 0.5) is 0 Å². The maximum Gasteiger partial charge on any atom is 0.341 e. The first-order valence-corrected chi connectivity index (χ1v) is 11.9. The van der Waals surface area contributed by atoms with E-state index in [0.717, 1.165) is 0 Å². The fourth-order valence-corrected chi connectivity index (χ4v) is 5.44. The summed E-state index contributed by atoms with van der Waals surface area (Å²) in [5.41, 5.74) is 2.67. The van der Waals surface area contributed by atoms with Crippen LogP contribution in [-0.4, -0.2) is 58.4 Å². The highest BCUT2D eigenvalue weighted by atomic mass is 35.5.